The van der Waals surface area contributed by atoms with Crippen molar-refractivity contribution in [3.63, 3.8) is 0 Å². The highest BCUT2D eigenvalue weighted by atomic mass is 35.5. The van der Waals surface area contributed by atoms with Gasteiger partial charge in [-0.05, 0) is 30.3 Å². The number of hydrogen-bond acceptors (Lipinski definition) is 3. The Morgan fingerprint density at radius 2 is 2.06 bits per heavy atom. The van der Waals surface area contributed by atoms with Gasteiger partial charge < -0.3 is 4.90 Å². The molecule has 1 aromatic heterocycles. The van der Waals surface area contributed by atoms with Gasteiger partial charge >= 0.3 is 0 Å². The Balaban J connectivity index is 2.16. The van der Waals surface area contributed by atoms with Crippen molar-refractivity contribution in [3.05, 3.63) is 50.1 Å². The maximum atomic E-state index is 10.7. The number of thiophene rings is 1. The molecular weight excluding hydrogens is 289 g/mol. The first-order valence-corrected chi connectivity index (χ1v) is 6.87. The number of halogens is 2. The molecule has 0 N–H and O–H groups in total. The van der Waals surface area contributed by atoms with Crippen molar-refractivity contribution in [2.75, 3.05) is 11.9 Å². The van der Waals surface area contributed by atoms with Crippen molar-refractivity contribution in [3.8, 4) is 0 Å². The Bertz CT molecular complexity index is 568. The van der Waals surface area contributed by atoms with Gasteiger partial charge in [0.15, 0.2) is 6.29 Å². The van der Waals surface area contributed by atoms with Crippen LogP contribution in [0.1, 0.15) is 15.2 Å². The Morgan fingerprint density at radius 3 is 2.61 bits per heavy atom. The first kappa shape index (κ1) is 13.4. The zero-order valence-electron chi connectivity index (χ0n) is 9.69. The minimum absolute atomic E-state index is 0.471. The van der Waals surface area contributed by atoms with E-state index in [2.05, 4.69) is 4.90 Å². The largest absolute Gasteiger partial charge is 0.369 e. The van der Waals surface area contributed by atoms with Crippen LogP contribution in [0.5, 0.6) is 0 Å². The minimum atomic E-state index is 0.471. The maximum absolute atomic E-state index is 10.7. The van der Waals surface area contributed by atoms with E-state index in [1.807, 2.05) is 25.2 Å². The molecule has 2 rings (SSSR count). The van der Waals surface area contributed by atoms with E-state index >= 15 is 0 Å². The predicted molar refractivity (Wildman–Crippen MR) is 78.3 cm³/mol. The number of benzene rings is 1. The summed E-state index contributed by atoms with van der Waals surface area (Å²) in [6, 6.07) is 9.29. The summed E-state index contributed by atoms with van der Waals surface area (Å²) in [6.45, 7) is 0.758. The van der Waals surface area contributed by atoms with E-state index < -0.39 is 0 Å². The van der Waals surface area contributed by atoms with Crippen LogP contribution in [0.15, 0.2) is 30.3 Å². The second kappa shape index (κ2) is 5.74. The maximum Gasteiger partial charge on any atom is 0.151 e. The lowest BCUT2D eigenvalue weighted by molar-refractivity contribution is 0.112. The molecule has 0 saturated carbocycles. The molecule has 0 spiro atoms. The summed E-state index contributed by atoms with van der Waals surface area (Å²) in [7, 11) is 1.97. The fraction of sp³-hybridized carbons (Fsp3) is 0.154. The summed E-state index contributed by atoms with van der Waals surface area (Å²) in [5, 5.41) is 0.471. The van der Waals surface area contributed by atoms with E-state index in [1.165, 1.54) is 4.88 Å². The van der Waals surface area contributed by atoms with Crippen LogP contribution < -0.4 is 4.90 Å². The fourth-order valence-electron chi connectivity index (χ4n) is 1.61. The SMILES string of the molecule is CN(Cc1ccc(Cl)s1)c1ccc(C=O)c(Cl)c1. The number of aldehydes is 1. The van der Waals surface area contributed by atoms with E-state index in [4.69, 9.17) is 23.2 Å². The van der Waals surface area contributed by atoms with Crippen LogP contribution >= 0.6 is 34.5 Å². The molecule has 0 aliphatic carbocycles. The van der Waals surface area contributed by atoms with Crippen molar-refractivity contribution in [2.45, 2.75) is 6.54 Å². The molecule has 94 valence electrons. The van der Waals surface area contributed by atoms with Gasteiger partial charge in [-0.15, -0.1) is 11.3 Å². The minimum Gasteiger partial charge on any atom is -0.369 e. The summed E-state index contributed by atoms with van der Waals surface area (Å²) in [5.74, 6) is 0. The zero-order chi connectivity index (χ0) is 13.1. The highest BCUT2D eigenvalue weighted by molar-refractivity contribution is 7.16. The van der Waals surface area contributed by atoms with Crippen LogP contribution in [0.25, 0.3) is 0 Å². The first-order valence-electron chi connectivity index (χ1n) is 5.30. The smallest absolute Gasteiger partial charge is 0.151 e. The number of nitrogens with zero attached hydrogens (tertiary/aromatic N) is 1. The van der Waals surface area contributed by atoms with Crippen LogP contribution in [0, 0.1) is 0 Å². The summed E-state index contributed by atoms with van der Waals surface area (Å²) < 4.78 is 0.785. The van der Waals surface area contributed by atoms with Gasteiger partial charge in [0.25, 0.3) is 0 Å². The molecule has 18 heavy (non-hydrogen) atoms. The lowest BCUT2D eigenvalue weighted by Gasteiger charge is -2.18. The van der Waals surface area contributed by atoms with Gasteiger partial charge in [0, 0.05) is 23.2 Å². The summed E-state index contributed by atoms with van der Waals surface area (Å²) in [6.07, 6.45) is 0.755. The average molecular weight is 300 g/mol. The molecule has 2 nitrogen and oxygen atoms in total. The van der Waals surface area contributed by atoms with Crippen molar-refractivity contribution < 1.29 is 4.79 Å². The predicted octanol–water partition coefficient (Wildman–Crippen LogP) is 4.50. The van der Waals surface area contributed by atoms with Crippen LogP contribution in [0.3, 0.4) is 0 Å². The number of hydrogen-bond donors (Lipinski definition) is 0. The molecule has 0 bridgehead atoms. The van der Waals surface area contributed by atoms with E-state index in [0.29, 0.717) is 10.6 Å². The van der Waals surface area contributed by atoms with Crippen molar-refractivity contribution in [2.24, 2.45) is 0 Å². The molecule has 1 aromatic carbocycles. The molecule has 5 heteroatoms. The molecular formula is C13H11Cl2NOS. The molecule has 0 atom stereocenters. The molecule has 0 aliphatic rings. The third kappa shape index (κ3) is 3.05. The lowest BCUT2D eigenvalue weighted by atomic mass is 10.2. The van der Waals surface area contributed by atoms with Gasteiger partial charge in [-0.2, -0.15) is 0 Å². The second-order valence-electron chi connectivity index (χ2n) is 3.89. The zero-order valence-corrected chi connectivity index (χ0v) is 12.0. The van der Waals surface area contributed by atoms with Crippen molar-refractivity contribution in [1.29, 1.82) is 0 Å². The topological polar surface area (TPSA) is 20.3 Å². The summed E-state index contributed by atoms with van der Waals surface area (Å²) >= 11 is 13.5. The highest BCUT2D eigenvalue weighted by Crippen LogP contribution is 2.26. The van der Waals surface area contributed by atoms with Crippen LogP contribution in [-0.4, -0.2) is 13.3 Å². The summed E-state index contributed by atoms with van der Waals surface area (Å²) in [5.41, 5.74) is 1.48. The van der Waals surface area contributed by atoms with Gasteiger partial charge in [0.2, 0.25) is 0 Å². The molecule has 0 unspecified atom stereocenters. The fourth-order valence-corrected chi connectivity index (χ4v) is 2.97. The number of rotatable bonds is 4. The molecule has 2 aromatic rings. The van der Waals surface area contributed by atoms with Gasteiger partial charge in [-0.25, -0.2) is 0 Å². The molecule has 0 radical (unpaired) electrons. The normalized spacial score (nSPS) is 10.4. The van der Waals surface area contributed by atoms with Gasteiger partial charge in [-0.1, -0.05) is 23.2 Å². The first-order chi connectivity index (χ1) is 8.60. The molecule has 1 heterocycles. The van der Waals surface area contributed by atoms with E-state index in [0.717, 1.165) is 22.9 Å². The molecule has 0 aliphatic heterocycles. The van der Waals surface area contributed by atoms with Gasteiger partial charge in [0.05, 0.1) is 15.9 Å². The Labute approximate surface area is 120 Å². The molecule has 0 amide bonds. The molecule has 0 fully saturated rings. The van der Waals surface area contributed by atoms with Crippen LogP contribution in [0.4, 0.5) is 5.69 Å². The Kier molecular flexibility index (Phi) is 4.27. The highest BCUT2D eigenvalue weighted by Gasteiger charge is 2.07. The summed E-state index contributed by atoms with van der Waals surface area (Å²) in [4.78, 5) is 13.9. The van der Waals surface area contributed by atoms with Crippen molar-refractivity contribution >= 4 is 46.5 Å². The number of anilines is 1. The Hall–Kier alpha value is -1.03. The van der Waals surface area contributed by atoms with Crippen molar-refractivity contribution in [1.82, 2.24) is 0 Å². The number of carbonyl (C=O) groups is 1. The second-order valence-corrected chi connectivity index (χ2v) is 6.09. The standard InChI is InChI=1S/C13H11Cl2NOS/c1-16(7-11-4-5-13(15)18-11)10-3-2-9(8-17)12(14)6-10/h2-6,8H,7H2,1H3. The van der Waals surface area contributed by atoms with E-state index in [9.17, 15) is 4.79 Å². The van der Waals surface area contributed by atoms with Crippen LogP contribution in [0.2, 0.25) is 9.36 Å². The Morgan fingerprint density at radius 1 is 1.28 bits per heavy atom. The number of carbonyl (C=O) groups excluding carboxylic acids is 1. The van der Waals surface area contributed by atoms with E-state index in [-0.39, 0.29) is 0 Å². The third-order valence-corrected chi connectivity index (χ3v) is 4.12. The van der Waals surface area contributed by atoms with E-state index in [1.54, 1.807) is 23.5 Å². The quantitative estimate of drug-likeness (QED) is 0.775. The molecule has 0 saturated heterocycles. The monoisotopic (exact) mass is 299 g/mol. The lowest BCUT2D eigenvalue weighted by Crippen LogP contribution is -2.15. The van der Waals surface area contributed by atoms with Crippen LogP contribution in [-0.2, 0) is 6.54 Å². The third-order valence-electron chi connectivity index (χ3n) is 2.57. The average Bonchev–Trinajstić information content (AvgIpc) is 2.74. The van der Waals surface area contributed by atoms with Gasteiger partial charge in [-0.3, -0.25) is 4.79 Å². The van der Waals surface area contributed by atoms with Gasteiger partial charge in [0.1, 0.15) is 0 Å².